The number of fused-ring (bicyclic) bond motifs is 1. The number of carboxylic acid groups (broad SMARTS) is 1. The van der Waals surface area contributed by atoms with Gasteiger partial charge in [0, 0.05) is 17.5 Å². The quantitative estimate of drug-likeness (QED) is 0.753. The third-order valence-electron chi connectivity index (χ3n) is 3.41. The van der Waals surface area contributed by atoms with Gasteiger partial charge in [0.2, 0.25) is 0 Å². The number of hydrogen-bond acceptors (Lipinski definition) is 3. The lowest BCUT2D eigenvalue weighted by atomic mass is 10.0. The Morgan fingerprint density at radius 2 is 1.90 bits per heavy atom. The number of H-pyrrole nitrogens is 1. The molecule has 0 amide bonds. The van der Waals surface area contributed by atoms with Crippen molar-refractivity contribution in [3.8, 4) is 11.1 Å². The Labute approximate surface area is 119 Å². The predicted octanol–water partition coefficient (Wildman–Crippen LogP) is 2.00. The first-order chi connectivity index (χ1) is 9.99. The van der Waals surface area contributed by atoms with Gasteiger partial charge in [0.15, 0.2) is 5.65 Å². The molecule has 21 heavy (non-hydrogen) atoms. The summed E-state index contributed by atoms with van der Waals surface area (Å²) in [5.41, 5.74) is 3.06. The van der Waals surface area contributed by atoms with Crippen molar-refractivity contribution in [3.05, 3.63) is 57.6 Å². The monoisotopic (exact) mass is 283 g/mol. The molecule has 0 fully saturated rings. The summed E-state index contributed by atoms with van der Waals surface area (Å²) in [6, 6.07) is 7.84. The molecule has 0 atom stereocenters. The molecule has 0 saturated heterocycles. The van der Waals surface area contributed by atoms with E-state index in [1.54, 1.807) is 0 Å². The highest BCUT2D eigenvalue weighted by molar-refractivity contribution is 5.88. The van der Waals surface area contributed by atoms with E-state index in [-0.39, 0.29) is 5.56 Å². The zero-order valence-corrected chi connectivity index (χ0v) is 11.5. The third kappa shape index (κ3) is 2.01. The van der Waals surface area contributed by atoms with Crippen LogP contribution in [0.1, 0.15) is 21.6 Å². The second-order valence-electron chi connectivity index (χ2n) is 4.92. The summed E-state index contributed by atoms with van der Waals surface area (Å²) in [7, 11) is 0. The van der Waals surface area contributed by atoms with E-state index in [2.05, 4.69) is 10.1 Å². The van der Waals surface area contributed by atoms with Gasteiger partial charge in [-0.15, -0.1) is 0 Å². The van der Waals surface area contributed by atoms with Gasteiger partial charge in [-0.25, -0.2) is 14.3 Å². The van der Waals surface area contributed by atoms with Crippen LogP contribution in [-0.2, 0) is 0 Å². The summed E-state index contributed by atoms with van der Waals surface area (Å²) in [5.74, 6) is -1.29. The molecule has 0 bridgehead atoms. The van der Waals surface area contributed by atoms with Crippen LogP contribution in [0.4, 0.5) is 0 Å². The third-order valence-corrected chi connectivity index (χ3v) is 3.41. The Morgan fingerprint density at radius 3 is 2.52 bits per heavy atom. The van der Waals surface area contributed by atoms with Crippen molar-refractivity contribution >= 4 is 11.6 Å². The van der Waals surface area contributed by atoms with Crippen molar-refractivity contribution in [3.63, 3.8) is 0 Å². The lowest BCUT2D eigenvalue weighted by Gasteiger charge is -2.01. The summed E-state index contributed by atoms with van der Waals surface area (Å²) in [4.78, 5) is 27.3. The molecule has 0 aliphatic carbocycles. The molecule has 0 unspecified atom stereocenters. The number of rotatable bonds is 2. The number of hydrogen-bond donors (Lipinski definition) is 2. The first kappa shape index (κ1) is 13.1. The molecule has 2 N–H and O–H groups in total. The van der Waals surface area contributed by atoms with E-state index < -0.39 is 11.5 Å². The van der Waals surface area contributed by atoms with E-state index in [1.807, 2.05) is 38.1 Å². The average molecular weight is 283 g/mol. The van der Waals surface area contributed by atoms with Crippen molar-refractivity contribution in [1.82, 2.24) is 14.6 Å². The summed E-state index contributed by atoms with van der Waals surface area (Å²) < 4.78 is 1.17. The van der Waals surface area contributed by atoms with Crippen molar-refractivity contribution in [2.75, 3.05) is 0 Å². The first-order valence-corrected chi connectivity index (χ1v) is 6.39. The van der Waals surface area contributed by atoms with E-state index in [4.69, 9.17) is 5.11 Å². The molecular formula is C15H13N3O3. The minimum absolute atomic E-state index is 0.357. The molecular weight excluding hydrogens is 270 g/mol. The van der Waals surface area contributed by atoms with E-state index in [0.29, 0.717) is 5.65 Å². The Bertz CT molecular complexity index is 904. The van der Waals surface area contributed by atoms with Crippen LogP contribution in [0, 0.1) is 13.8 Å². The zero-order valence-electron chi connectivity index (χ0n) is 11.5. The normalized spacial score (nSPS) is 11.0. The predicted molar refractivity (Wildman–Crippen MR) is 77.7 cm³/mol. The first-order valence-electron chi connectivity index (χ1n) is 6.39. The second kappa shape index (κ2) is 4.59. The Balaban J connectivity index is 2.33. The molecule has 2 heterocycles. The van der Waals surface area contributed by atoms with E-state index in [9.17, 15) is 9.59 Å². The molecule has 6 nitrogen and oxygen atoms in total. The average Bonchev–Trinajstić information content (AvgIpc) is 2.77. The maximum atomic E-state index is 12.1. The van der Waals surface area contributed by atoms with E-state index >= 15 is 0 Å². The molecule has 3 rings (SSSR count). The highest BCUT2D eigenvalue weighted by Gasteiger charge is 2.17. The number of nitrogens with zero attached hydrogens (tertiary/aromatic N) is 2. The van der Waals surface area contributed by atoms with Crippen LogP contribution in [0.25, 0.3) is 16.8 Å². The van der Waals surface area contributed by atoms with Gasteiger partial charge in [-0.1, -0.05) is 29.8 Å². The number of aromatic nitrogens is 3. The SMILES string of the molecule is Cc1ccc(-c2c(C)[nH]n3c(=O)c(C(=O)O)cnc23)cc1. The van der Waals surface area contributed by atoms with Crippen LogP contribution in [0.2, 0.25) is 0 Å². The molecule has 2 aromatic heterocycles. The second-order valence-corrected chi connectivity index (χ2v) is 4.92. The van der Waals surface area contributed by atoms with Crippen molar-refractivity contribution in [1.29, 1.82) is 0 Å². The molecule has 0 aliphatic rings. The van der Waals surface area contributed by atoms with Crippen LogP contribution in [-0.4, -0.2) is 25.7 Å². The lowest BCUT2D eigenvalue weighted by molar-refractivity contribution is 0.0694. The standard InChI is InChI=1S/C15H13N3O3/c1-8-3-5-10(6-4-8)12-9(2)17-18-13(12)16-7-11(14(18)19)15(20)21/h3-7,17H,1-2H3,(H,20,21). The highest BCUT2D eigenvalue weighted by atomic mass is 16.4. The summed E-state index contributed by atoms with van der Waals surface area (Å²) in [6.07, 6.45) is 1.10. The summed E-state index contributed by atoms with van der Waals surface area (Å²) in [5, 5.41) is 11.9. The minimum atomic E-state index is -1.29. The van der Waals surface area contributed by atoms with E-state index in [0.717, 1.165) is 28.6 Å². The molecule has 6 heteroatoms. The molecule has 0 saturated carbocycles. The van der Waals surface area contributed by atoms with Gasteiger partial charge in [0.05, 0.1) is 0 Å². The summed E-state index contributed by atoms with van der Waals surface area (Å²) in [6.45, 7) is 3.82. The number of aromatic amines is 1. The molecule has 1 aromatic carbocycles. The van der Waals surface area contributed by atoms with Gasteiger partial charge in [-0.2, -0.15) is 0 Å². The molecule has 0 radical (unpaired) electrons. The number of aromatic carboxylic acids is 1. The van der Waals surface area contributed by atoms with Gasteiger partial charge in [0.1, 0.15) is 5.56 Å². The Morgan fingerprint density at radius 1 is 1.24 bits per heavy atom. The van der Waals surface area contributed by atoms with Crippen molar-refractivity contribution < 1.29 is 9.90 Å². The largest absolute Gasteiger partial charge is 0.477 e. The number of carboxylic acids is 1. The highest BCUT2D eigenvalue weighted by Crippen LogP contribution is 2.26. The smallest absolute Gasteiger partial charge is 0.343 e. The van der Waals surface area contributed by atoms with Gasteiger partial charge in [-0.05, 0) is 19.4 Å². The van der Waals surface area contributed by atoms with E-state index in [1.165, 1.54) is 4.52 Å². The Hall–Kier alpha value is -2.89. The molecule has 3 aromatic rings. The molecule has 0 spiro atoms. The van der Waals surface area contributed by atoms with Crippen molar-refractivity contribution in [2.24, 2.45) is 0 Å². The number of carbonyl (C=O) groups is 1. The van der Waals surface area contributed by atoms with Gasteiger partial charge >= 0.3 is 5.97 Å². The van der Waals surface area contributed by atoms with Gasteiger partial charge in [-0.3, -0.25) is 9.89 Å². The van der Waals surface area contributed by atoms with Crippen molar-refractivity contribution in [2.45, 2.75) is 13.8 Å². The topological polar surface area (TPSA) is 87.5 Å². The molecule has 106 valence electrons. The fourth-order valence-corrected chi connectivity index (χ4v) is 2.34. The van der Waals surface area contributed by atoms with Crippen LogP contribution >= 0.6 is 0 Å². The lowest BCUT2D eigenvalue weighted by Crippen LogP contribution is -2.22. The summed E-state index contributed by atoms with van der Waals surface area (Å²) >= 11 is 0. The Kier molecular flexibility index (Phi) is 2.86. The number of nitrogens with one attached hydrogen (secondary N) is 1. The maximum absolute atomic E-state index is 12.1. The number of benzene rings is 1. The minimum Gasteiger partial charge on any atom is -0.477 e. The maximum Gasteiger partial charge on any atom is 0.343 e. The zero-order chi connectivity index (χ0) is 15.1. The fourth-order valence-electron chi connectivity index (χ4n) is 2.34. The van der Waals surface area contributed by atoms with Crippen LogP contribution in [0.15, 0.2) is 35.3 Å². The van der Waals surface area contributed by atoms with Crippen LogP contribution in [0.5, 0.6) is 0 Å². The fraction of sp³-hybridized carbons (Fsp3) is 0.133. The molecule has 0 aliphatic heterocycles. The number of aryl methyl sites for hydroxylation is 2. The van der Waals surface area contributed by atoms with Crippen LogP contribution < -0.4 is 5.56 Å². The van der Waals surface area contributed by atoms with Gasteiger partial charge < -0.3 is 5.11 Å². The van der Waals surface area contributed by atoms with Crippen LogP contribution in [0.3, 0.4) is 0 Å². The van der Waals surface area contributed by atoms with Gasteiger partial charge in [0.25, 0.3) is 5.56 Å².